The standard InChI is InChI=1S/C28H26ClIO/c1-3-4-19-24(30)27-25(20-13-7-5-8-14-20)26(21-15-9-6-10-16-21)28(2,31-27)22-17-11-12-18-23(22)29/h5-18H,3-4,19H2,1-2H3/b27-24-/t28-/m1/s1. The van der Waals surface area contributed by atoms with E-state index in [1.165, 1.54) is 3.58 Å². The first-order valence-corrected chi connectivity index (χ1v) is 12.2. The fraction of sp³-hybridized carbons (Fsp3) is 0.214. The van der Waals surface area contributed by atoms with Crippen LogP contribution in [0.15, 0.2) is 94.3 Å². The van der Waals surface area contributed by atoms with Gasteiger partial charge in [-0.05, 0) is 59.5 Å². The predicted molar refractivity (Wildman–Crippen MR) is 140 cm³/mol. The van der Waals surface area contributed by atoms with E-state index in [4.69, 9.17) is 16.3 Å². The maximum absolute atomic E-state index is 6.92. The van der Waals surface area contributed by atoms with E-state index < -0.39 is 5.60 Å². The topological polar surface area (TPSA) is 9.23 Å². The van der Waals surface area contributed by atoms with Crippen LogP contribution in [-0.2, 0) is 10.3 Å². The van der Waals surface area contributed by atoms with Crippen LogP contribution in [0.25, 0.3) is 11.1 Å². The molecule has 3 heteroatoms. The summed E-state index contributed by atoms with van der Waals surface area (Å²) in [6.07, 6.45) is 3.29. The second kappa shape index (κ2) is 9.62. The minimum atomic E-state index is -0.692. The molecule has 1 nitrogen and oxygen atoms in total. The normalized spacial score (nSPS) is 20.0. The van der Waals surface area contributed by atoms with Crippen LogP contribution < -0.4 is 0 Å². The Bertz CT molecular complexity index is 1120. The molecule has 0 amide bonds. The van der Waals surface area contributed by atoms with Gasteiger partial charge in [0.2, 0.25) is 0 Å². The van der Waals surface area contributed by atoms with Crippen molar-refractivity contribution in [2.75, 3.05) is 0 Å². The molecule has 1 heterocycles. The van der Waals surface area contributed by atoms with Gasteiger partial charge in [-0.3, -0.25) is 0 Å². The lowest BCUT2D eigenvalue weighted by Crippen LogP contribution is -2.24. The average molecular weight is 541 g/mol. The molecule has 0 fully saturated rings. The number of hydrogen-bond donors (Lipinski definition) is 0. The molecule has 0 unspecified atom stereocenters. The van der Waals surface area contributed by atoms with Crippen LogP contribution >= 0.6 is 34.2 Å². The van der Waals surface area contributed by atoms with E-state index in [0.717, 1.165) is 57.9 Å². The van der Waals surface area contributed by atoms with Gasteiger partial charge in [-0.2, -0.15) is 0 Å². The van der Waals surface area contributed by atoms with Crippen LogP contribution in [0, 0.1) is 0 Å². The Kier molecular flexibility index (Phi) is 6.88. The number of benzene rings is 3. The van der Waals surface area contributed by atoms with Gasteiger partial charge < -0.3 is 4.74 Å². The van der Waals surface area contributed by atoms with Crippen molar-refractivity contribution in [1.82, 2.24) is 0 Å². The molecule has 1 aliphatic heterocycles. The number of hydrogen-bond acceptors (Lipinski definition) is 1. The number of rotatable bonds is 6. The van der Waals surface area contributed by atoms with Crippen LogP contribution in [0.4, 0.5) is 0 Å². The van der Waals surface area contributed by atoms with Gasteiger partial charge in [0, 0.05) is 25.3 Å². The van der Waals surface area contributed by atoms with Crippen LogP contribution in [0.5, 0.6) is 0 Å². The predicted octanol–water partition coefficient (Wildman–Crippen LogP) is 9.03. The van der Waals surface area contributed by atoms with Crippen molar-refractivity contribution in [2.24, 2.45) is 0 Å². The molecule has 31 heavy (non-hydrogen) atoms. The molecule has 4 rings (SSSR count). The van der Waals surface area contributed by atoms with Crippen LogP contribution in [0.3, 0.4) is 0 Å². The van der Waals surface area contributed by atoms with Gasteiger partial charge in [0.15, 0.2) is 5.60 Å². The minimum Gasteiger partial charge on any atom is -0.477 e. The van der Waals surface area contributed by atoms with Crippen molar-refractivity contribution in [3.63, 3.8) is 0 Å². The second-order valence-electron chi connectivity index (χ2n) is 7.93. The highest BCUT2D eigenvalue weighted by Gasteiger charge is 2.46. The molecule has 0 bridgehead atoms. The van der Waals surface area contributed by atoms with Gasteiger partial charge in [0.05, 0.1) is 0 Å². The van der Waals surface area contributed by atoms with Crippen molar-refractivity contribution in [3.05, 3.63) is 116 Å². The van der Waals surface area contributed by atoms with E-state index in [2.05, 4.69) is 103 Å². The molecular formula is C28H26ClIO. The first-order chi connectivity index (χ1) is 15.1. The lowest BCUT2D eigenvalue weighted by atomic mass is 9.81. The van der Waals surface area contributed by atoms with Crippen LogP contribution in [0.1, 0.15) is 49.8 Å². The summed E-state index contributed by atoms with van der Waals surface area (Å²) in [7, 11) is 0. The Morgan fingerprint density at radius 2 is 1.45 bits per heavy atom. The third kappa shape index (κ3) is 4.33. The molecule has 0 radical (unpaired) electrons. The Morgan fingerprint density at radius 3 is 2.06 bits per heavy atom. The molecule has 0 aliphatic carbocycles. The van der Waals surface area contributed by atoms with E-state index in [0.29, 0.717) is 0 Å². The Hall–Kier alpha value is -2.04. The minimum absolute atomic E-state index is 0.692. The maximum Gasteiger partial charge on any atom is 0.159 e. The summed E-state index contributed by atoms with van der Waals surface area (Å²) in [5.74, 6) is 0.974. The van der Waals surface area contributed by atoms with Crippen molar-refractivity contribution < 1.29 is 4.74 Å². The summed E-state index contributed by atoms with van der Waals surface area (Å²) in [5.41, 5.74) is 4.93. The number of ether oxygens (including phenoxy) is 1. The SMILES string of the molecule is CCCC/C(I)=C1/O[C@](C)(c2ccccc2Cl)C(c2ccccc2)=C1c1ccccc1. The van der Waals surface area contributed by atoms with E-state index in [1.54, 1.807) is 0 Å². The molecule has 0 N–H and O–H groups in total. The van der Waals surface area contributed by atoms with Crippen LogP contribution in [0.2, 0.25) is 5.02 Å². The number of unbranched alkanes of at least 4 members (excludes halogenated alkanes) is 1. The first kappa shape index (κ1) is 22.2. The van der Waals surface area contributed by atoms with E-state index in [9.17, 15) is 0 Å². The van der Waals surface area contributed by atoms with E-state index >= 15 is 0 Å². The Morgan fingerprint density at radius 1 is 0.871 bits per heavy atom. The molecule has 0 saturated heterocycles. The zero-order valence-corrected chi connectivity index (χ0v) is 20.8. The van der Waals surface area contributed by atoms with Crippen molar-refractivity contribution in [2.45, 2.75) is 38.7 Å². The van der Waals surface area contributed by atoms with Crippen molar-refractivity contribution in [3.8, 4) is 0 Å². The molecule has 1 aliphatic rings. The Balaban J connectivity index is 2.06. The fourth-order valence-electron chi connectivity index (χ4n) is 4.24. The molecule has 1 atom stereocenters. The summed E-state index contributed by atoms with van der Waals surface area (Å²) < 4.78 is 8.17. The van der Waals surface area contributed by atoms with Crippen molar-refractivity contribution in [1.29, 1.82) is 0 Å². The Labute approximate surface area is 203 Å². The van der Waals surface area contributed by atoms with E-state index in [-0.39, 0.29) is 0 Å². The summed E-state index contributed by atoms with van der Waals surface area (Å²) in [6, 6.07) is 29.2. The van der Waals surface area contributed by atoms with Gasteiger partial charge in [-0.1, -0.05) is 104 Å². The molecule has 0 saturated carbocycles. The molecule has 0 aromatic heterocycles. The zero-order chi connectivity index (χ0) is 21.8. The summed E-state index contributed by atoms with van der Waals surface area (Å²) in [6.45, 7) is 4.37. The van der Waals surface area contributed by atoms with Gasteiger partial charge in [0.25, 0.3) is 0 Å². The molecule has 3 aromatic carbocycles. The lowest BCUT2D eigenvalue weighted by molar-refractivity contribution is 0.0913. The van der Waals surface area contributed by atoms with Gasteiger partial charge in [-0.15, -0.1) is 0 Å². The zero-order valence-electron chi connectivity index (χ0n) is 17.9. The lowest BCUT2D eigenvalue weighted by Gasteiger charge is -2.30. The summed E-state index contributed by atoms with van der Waals surface area (Å²) in [5, 5.41) is 0.718. The first-order valence-electron chi connectivity index (χ1n) is 10.7. The smallest absolute Gasteiger partial charge is 0.159 e. The molecule has 158 valence electrons. The van der Waals surface area contributed by atoms with E-state index in [1.807, 2.05) is 18.2 Å². The van der Waals surface area contributed by atoms with Gasteiger partial charge in [-0.25, -0.2) is 0 Å². The maximum atomic E-state index is 6.92. The fourth-order valence-corrected chi connectivity index (χ4v) is 5.31. The highest BCUT2D eigenvalue weighted by Crippen LogP contribution is 2.56. The third-order valence-corrected chi connectivity index (χ3v) is 7.13. The highest BCUT2D eigenvalue weighted by molar-refractivity contribution is 14.1. The second-order valence-corrected chi connectivity index (χ2v) is 9.64. The highest BCUT2D eigenvalue weighted by atomic mass is 127. The van der Waals surface area contributed by atoms with Gasteiger partial charge >= 0.3 is 0 Å². The summed E-state index contributed by atoms with van der Waals surface area (Å²) in [4.78, 5) is 0. The molecule has 0 spiro atoms. The summed E-state index contributed by atoms with van der Waals surface area (Å²) >= 11 is 9.20. The van der Waals surface area contributed by atoms with Gasteiger partial charge in [0.1, 0.15) is 5.76 Å². The van der Waals surface area contributed by atoms with Crippen LogP contribution in [-0.4, -0.2) is 0 Å². The monoisotopic (exact) mass is 540 g/mol. The third-order valence-electron chi connectivity index (χ3n) is 5.77. The molecule has 3 aromatic rings. The average Bonchev–Trinajstić information content (AvgIpc) is 3.13. The molecular weight excluding hydrogens is 515 g/mol. The number of halogens is 2. The number of allylic oxidation sites excluding steroid dienone is 2. The quantitative estimate of drug-likeness (QED) is 0.283. The van der Waals surface area contributed by atoms with Crippen molar-refractivity contribution >= 4 is 45.3 Å². The largest absolute Gasteiger partial charge is 0.477 e.